The Morgan fingerprint density at radius 1 is 1.46 bits per heavy atom. The van der Waals surface area contributed by atoms with Crippen molar-refractivity contribution in [3.8, 4) is 0 Å². The summed E-state index contributed by atoms with van der Waals surface area (Å²) < 4.78 is 0. The molecular weight excluding hydrogens is 166 g/mol. The lowest BCUT2D eigenvalue weighted by molar-refractivity contribution is 0.170. The molecule has 0 radical (unpaired) electrons. The molecule has 0 aromatic heterocycles. The molecule has 2 unspecified atom stereocenters. The van der Waals surface area contributed by atoms with E-state index in [1.807, 2.05) is 0 Å². The van der Waals surface area contributed by atoms with Crippen LogP contribution in [0.25, 0.3) is 0 Å². The van der Waals surface area contributed by atoms with Crippen molar-refractivity contribution in [2.75, 3.05) is 13.2 Å². The highest BCUT2D eigenvalue weighted by Crippen LogP contribution is 2.13. The molecule has 0 rings (SSSR count). The third-order valence-electron chi connectivity index (χ3n) is 2.56. The Morgan fingerprint density at radius 2 is 2.08 bits per heavy atom. The molecule has 2 atom stereocenters. The topological polar surface area (TPSA) is 52.5 Å². The van der Waals surface area contributed by atoms with Gasteiger partial charge in [-0.25, -0.2) is 0 Å². The third kappa shape index (κ3) is 6.02. The number of hydrogen-bond donors (Lipinski definition) is 3. The molecule has 0 heterocycles. The molecule has 0 saturated heterocycles. The van der Waals surface area contributed by atoms with Gasteiger partial charge in [0.1, 0.15) is 0 Å². The summed E-state index contributed by atoms with van der Waals surface area (Å²) in [6, 6.07) is 0. The second-order valence-corrected chi connectivity index (χ2v) is 3.95. The molecule has 0 fully saturated rings. The first-order valence-corrected chi connectivity index (χ1v) is 5.08. The molecule has 0 aliphatic rings. The van der Waals surface area contributed by atoms with Crippen molar-refractivity contribution < 1.29 is 10.2 Å². The van der Waals surface area contributed by atoms with Gasteiger partial charge < -0.3 is 15.5 Å². The van der Waals surface area contributed by atoms with Crippen LogP contribution in [0.15, 0.2) is 0 Å². The lowest BCUT2D eigenvalue weighted by Crippen LogP contribution is -2.43. The van der Waals surface area contributed by atoms with Gasteiger partial charge in [-0.15, -0.1) is 0 Å². The van der Waals surface area contributed by atoms with E-state index in [0.29, 0.717) is 0 Å². The van der Waals surface area contributed by atoms with Gasteiger partial charge in [0.05, 0.1) is 6.10 Å². The monoisotopic (exact) mass is 189 g/mol. The Bertz CT molecular complexity index is 128. The summed E-state index contributed by atoms with van der Waals surface area (Å²) >= 11 is 0. The highest BCUT2D eigenvalue weighted by atomic mass is 16.3. The largest absolute Gasteiger partial charge is 0.396 e. The van der Waals surface area contributed by atoms with Gasteiger partial charge in [0.25, 0.3) is 0 Å². The molecule has 0 amide bonds. The van der Waals surface area contributed by atoms with Crippen molar-refractivity contribution in [2.24, 2.45) is 0 Å². The molecular formula is C10H23NO2. The summed E-state index contributed by atoms with van der Waals surface area (Å²) in [7, 11) is 0. The SMILES string of the molecule is CCC(C)(CCO)NCCC(C)O. The van der Waals surface area contributed by atoms with Crippen LogP contribution >= 0.6 is 0 Å². The van der Waals surface area contributed by atoms with E-state index in [-0.39, 0.29) is 18.2 Å². The fourth-order valence-corrected chi connectivity index (χ4v) is 1.22. The second-order valence-electron chi connectivity index (χ2n) is 3.95. The van der Waals surface area contributed by atoms with Crippen LogP contribution in [0.5, 0.6) is 0 Å². The normalized spacial score (nSPS) is 18.2. The Hall–Kier alpha value is -0.120. The first-order chi connectivity index (χ1) is 6.04. The maximum Gasteiger partial charge on any atom is 0.0524 e. The molecule has 0 aromatic carbocycles. The van der Waals surface area contributed by atoms with Gasteiger partial charge in [0.2, 0.25) is 0 Å². The minimum atomic E-state index is -0.247. The predicted octanol–water partition coefficient (Wildman–Crippen LogP) is 0.898. The fraction of sp³-hybridized carbons (Fsp3) is 1.00. The van der Waals surface area contributed by atoms with E-state index < -0.39 is 0 Å². The molecule has 0 bridgehead atoms. The first-order valence-electron chi connectivity index (χ1n) is 5.08. The minimum Gasteiger partial charge on any atom is -0.396 e. The maximum atomic E-state index is 9.06. The van der Waals surface area contributed by atoms with Crippen molar-refractivity contribution in [1.82, 2.24) is 5.32 Å². The number of aliphatic hydroxyl groups excluding tert-OH is 2. The van der Waals surface area contributed by atoms with E-state index in [4.69, 9.17) is 10.2 Å². The minimum absolute atomic E-state index is 0.0175. The van der Waals surface area contributed by atoms with Crippen molar-refractivity contribution in [3.05, 3.63) is 0 Å². The number of nitrogens with one attached hydrogen (secondary N) is 1. The second kappa shape index (κ2) is 6.35. The molecule has 0 aliphatic heterocycles. The van der Waals surface area contributed by atoms with Crippen LogP contribution in [-0.4, -0.2) is 35.0 Å². The van der Waals surface area contributed by atoms with Gasteiger partial charge >= 0.3 is 0 Å². The van der Waals surface area contributed by atoms with Crippen molar-refractivity contribution in [3.63, 3.8) is 0 Å². The maximum absolute atomic E-state index is 9.06. The lowest BCUT2D eigenvalue weighted by atomic mass is 9.95. The van der Waals surface area contributed by atoms with Crippen LogP contribution < -0.4 is 5.32 Å². The standard InChI is InChI=1S/C10H23NO2/c1-4-10(3,6-8-12)11-7-5-9(2)13/h9,11-13H,4-8H2,1-3H3. The Labute approximate surface area is 81.2 Å². The van der Waals surface area contributed by atoms with Crippen LogP contribution in [0.1, 0.15) is 40.0 Å². The third-order valence-corrected chi connectivity index (χ3v) is 2.56. The summed E-state index contributed by atoms with van der Waals surface area (Å²) in [4.78, 5) is 0. The zero-order valence-corrected chi connectivity index (χ0v) is 9.01. The van der Waals surface area contributed by atoms with Gasteiger partial charge in [0, 0.05) is 12.1 Å². The number of rotatable bonds is 7. The highest BCUT2D eigenvalue weighted by molar-refractivity contribution is 4.81. The molecule has 3 heteroatoms. The van der Waals surface area contributed by atoms with E-state index in [1.54, 1.807) is 6.92 Å². The van der Waals surface area contributed by atoms with Crippen molar-refractivity contribution in [2.45, 2.75) is 51.7 Å². The first kappa shape index (κ1) is 12.9. The molecule has 13 heavy (non-hydrogen) atoms. The van der Waals surface area contributed by atoms with E-state index in [1.165, 1.54) is 0 Å². The number of hydrogen-bond acceptors (Lipinski definition) is 3. The summed E-state index contributed by atoms with van der Waals surface area (Å²) in [5, 5.41) is 21.3. The zero-order chi connectivity index (χ0) is 10.3. The Kier molecular flexibility index (Phi) is 6.29. The van der Waals surface area contributed by atoms with Gasteiger partial charge in [-0.05, 0) is 39.7 Å². The van der Waals surface area contributed by atoms with Gasteiger partial charge in [-0.1, -0.05) is 6.92 Å². The molecule has 3 N–H and O–H groups in total. The zero-order valence-electron chi connectivity index (χ0n) is 9.01. The van der Waals surface area contributed by atoms with Crippen LogP contribution in [0, 0.1) is 0 Å². The average molecular weight is 189 g/mol. The van der Waals surface area contributed by atoms with E-state index in [9.17, 15) is 0 Å². The quantitative estimate of drug-likeness (QED) is 0.557. The van der Waals surface area contributed by atoms with Crippen LogP contribution in [0.4, 0.5) is 0 Å². The van der Waals surface area contributed by atoms with Crippen LogP contribution in [-0.2, 0) is 0 Å². The van der Waals surface area contributed by atoms with Gasteiger partial charge in [-0.2, -0.15) is 0 Å². The van der Waals surface area contributed by atoms with Gasteiger partial charge in [-0.3, -0.25) is 0 Å². The summed E-state index contributed by atoms with van der Waals surface area (Å²) in [5.41, 5.74) is 0.0175. The molecule has 0 aliphatic carbocycles. The average Bonchev–Trinajstić information content (AvgIpc) is 2.04. The molecule has 3 nitrogen and oxygen atoms in total. The summed E-state index contributed by atoms with van der Waals surface area (Å²) in [6.45, 7) is 7.02. The van der Waals surface area contributed by atoms with E-state index in [2.05, 4.69) is 19.2 Å². The predicted molar refractivity (Wildman–Crippen MR) is 54.7 cm³/mol. The smallest absolute Gasteiger partial charge is 0.0524 e. The Morgan fingerprint density at radius 3 is 2.46 bits per heavy atom. The van der Waals surface area contributed by atoms with E-state index in [0.717, 1.165) is 25.8 Å². The number of aliphatic hydroxyl groups is 2. The summed E-state index contributed by atoms with van der Waals surface area (Å²) in [5.74, 6) is 0. The van der Waals surface area contributed by atoms with Crippen LogP contribution in [0.2, 0.25) is 0 Å². The molecule has 0 spiro atoms. The fourth-order valence-electron chi connectivity index (χ4n) is 1.22. The van der Waals surface area contributed by atoms with Crippen molar-refractivity contribution >= 4 is 0 Å². The van der Waals surface area contributed by atoms with Crippen molar-refractivity contribution in [1.29, 1.82) is 0 Å². The highest BCUT2D eigenvalue weighted by Gasteiger charge is 2.19. The van der Waals surface area contributed by atoms with Crippen LogP contribution in [0.3, 0.4) is 0 Å². The van der Waals surface area contributed by atoms with E-state index >= 15 is 0 Å². The summed E-state index contributed by atoms with van der Waals surface area (Å²) in [6.07, 6.45) is 2.28. The molecule has 0 aromatic rings. The lowest BCUT2D eigenvalue weighted by Gasteiger charge is -2.29. The molecule has 80 valence electrons. The van der Waals surface area contributed by atoms with Gasteiger partial charge in [0.15, 0.2) is 0 Å². The Balaban J connectivity index is 3.69. The molecule has 0 saturated carbocycles.